The number of aromatic hydroxyl groups is 2. The summed E-state index contributed by atoms with van der Waals surface area (Å²) in [4.78, 5) is 5.44. The molecule has 25 heavy (non-hydrogen) atoms. The lowest BCUT2D eigenvalue weighted by Crippen LogP contribution is -2.13. The van der Waals surface area contributed by atoms with Gasteiger partial charge in [-0.15, -0.1) is 11.3 Å². The van der Waals surface area contributed by atoms with Crippen molar-refractivity contribution in [3.8, 4) is 11.5 Å². The molecule has 5 nitrogen and oxygen atoms in total. The molecule has 128 valence electrons. The number of aromatic nitrogens is 1. The van der Waals surface area contributed by atoms with E-state index in [1.165, 1.54) is 29.0 Å². The molecule has 2 N–H and O–H groups in total. The number of rotatable bonds is 5. The van der Waals surface area contributed by atoms with Crippen LogP contribution in [0.15, 0.2) is 64.0 Å². The van der Waals surface area contributed by atoms with Gasteiger partial charge in [-0.3, -0.25) is 4.99 Å². The molecule has 0 aliphatic rings. The van der Waals surface area contributed by atoms with Crippen LogP contribution >= 0.6 is 11.3 Å². The first-order chi connectivity index (χ1) is 12.1. The first-order valence-electron chi connectivity index (χ1n) is 7.91. The van der Waals surface area contributed by atoms with Crippen LogP contribution in [-0.4, -0.2) is 27.6 Å². The van der Waals surface area contributed by atoms with Crippen LogP contribution in [0.1, 0.15) is 16.8 Å². The highest BCUT2D eigenvalue weighted by molar-refractivity contribution is 7.07. The molecule has 0 radical (unpaired) electrons. The second-order valence-corrected chi connectivity index (χ2v) is 6.41. The molecule has 0 unspecified atom stereocenters. The fourth-order valence-electron chi connectivity index (χ4n) is 2.32. The van der Waals surface area contributed by atoms with E-state index < -0.39 is 0 Å². The van der Waals surface area contributed by atoms with Crippen molar-refractivity contribution < 1.29 is 10.2 Å². The van der Waals surface area contributed by atoms with Crippen LogP contribution in [0.4, 0.5) is 0 Å². The number of thiazole rings is 1. The third-order valence-electron chi connectivity index (χ3n) is 3.67. The van der Waals surface area contributed by atoms with Crippen molar-refractivity contribution in [3.05, 3.63) is 75.5 Å². The van der Waals surface area contributed by atoms with Gasteiger partial charge in [-0.2, -0.15) is 5.10 Å². The smallest absolute Gasteiger partial charge is 0.205 e. The fourth-order valence-corrected chi connectivity index (χ4v) is 3.15. The zero-order valence-corrected chi connectivity index (χ0v) is 14.6. The Kier molecular flexibility index (Phi) is 5.30. The number of hydrogen-bond donors (Lipinski definition) is 2. The Morgan fingerprint density at radius 2 is 1.92 bits per heavy atom. The van der Waals surface area contributed by atoms with Gasteiger partial charge < -0.3 is 10.2 Å². The van der Waals surface area contributed by atoms with Crippen LogP contribution < -0.4 is 4.80 Å². The van der Waals surface area contributed by atoms with Gasteiger partial charge in [-0.25, -0.2) is 4.68 Å². The van der Waals surface area contributed by atoms with Gasteiger partial charge >= 0.3 is 0 Å². The summed E-state index contributed by atoms with van der Waals surface area (Å²) in [5.41, 5.74) is 2.76. The zero-order valence-electron chi connectivity index (χ0n) is 13.8. The molecular weight excluding hydrogens is 334 g/mol. The van der Waals surface area contributed by atoms with E-state index in [0.29, 0.717) is 12.1 Å². The molecule has 0 amide bonds. The molecule has 2 aromatic carbocycles. The van der Waals surface area contributed by atoms with E-state index >= 15 is 0 Å². The van der Waals surface area contributed by atoms with Gasteiger partial charge in [0.25, 0.3) is 0 Å². The molecule has 6 heteroatoms. The molecule has 1 heterocycles. The third kappa shape index (κ3) is 4.36. The molecule has 3 rings (SSSR count). The lowest BCUT2D eigenvalue weighted by Gasteiger charge is -2.01. The highest BCUT2D eigenvalue weighted by Crippen LogP contribution is 2.20. The monoisotopic (exact) mass is 353 g/mol. The van der Waals surface area contributed by atoms with Crippen molar-refractivity contribution >= 4 is 17.6 Å². The lowest BCUT2D eigenvalue weighted by atomic mass is 10.2. The average Bonchev–Trinajstić information content (AvgIpc) is 2.95. The topological polar surface area (TPSA) is 70.1 Å². The molecule has 3 aromatic rings. The van der Waals surface area contributed by atoms with Crippen molar-refractivity contribution in [2.75, 3.05) is 6.54 Å². The Balaban J connectivity index is 1.79. The quantitative estimate of drug-likeness (QED) is 0.691. The molecule has 0 bridgehead atoms. The van der Waals surface area contributed by atoms with E-state index in [0.717, 1.165) is 16.9 Å². The standard InChI is InChI=1S/C19H19N3O2S/c1-14-13-25-19(20-10-9-15-5-3-2-4-6-15)22(14)21-12-16-7-8-17(23)11-18(16)24/h2-8,11-13,23-24H,9-10H2,1H3. The van der Waals surface area contributed by atoms with Gasteiger partial charge in [0.15, 0.2) is 0 Å². The molecule has 0 fully saturated rings. The number of benzene rings is 2. The normalized spacial score (nSPS) is 12.1. The summed E-state index contributed by atoms with van der Waals surface area (Å²) in [6.07, 6.45) is 2.44. The molecule has 0 aliphatic heterocycles. The number of phenols is 2. The van der Waals surface area contributed by atoms with Crippen molar-refractivity contribution in [1.29, 1.82) is 0 Å². The van der Waals surface area contributed by atoms with E-state index in [1.807, 2.05) is 30.5 Å². The molecule has 0 aliphatic carbocycles. The maximum Gasteiger partial charge on any atom is 0.205 e. The summed E-state index contributed by atoms with van der Waals surface area (Å²) in [6.45, 7) is 2.64. The predicted octanol–water partition coefficient (Wildman–Crippen LogP) is 3.29. The van der Waals surface area contributed by atoms with Crippen LogP contribution in [0.5, 0.6) is 11.5 Å². The van der Waals surface area contributed by atoms with Crippen molar-refractivity contribution in [2.24, 2.45) is 10.1 Å². The summed E-state index contributed by atoms with van der Waals surface area (Å²) < 4.78 is 1.75. The van der Waals surface area contributed by atoms with E-state index in [9.17, 15) is 10.2 Å². The van der Waals surface area contributed by atoms with E-state index in [-0.39, 0.29) is 11.5 Å². The van der Waals surface area contributed by atoms with Gasteiger partial charge in [0.05, 0.1) is 11.9 Å². The van der Waals surface area contributed by atoms with Gasteiger partial charge in [-0.1, -0.05) is 30.3 Å². The first kappa shape index (κ1) is 17.0. The maximum absolute atomic E-state index is 9.84. The minimum absolute atomic E-state index is 0.0141. The summed E-state index contributed by atoms with van der Waals surface area (Å²) in [7, 11) is 0. The van der Waals surface area contributed by atoms with Crippen molar-refractivity contribution in [1.82, 2.24) is 4.68 Å². The van der Waals surface area contributed by atoms with Gasteiger partial charge in [-0.05, 0) is 31.0 Å². The van der Waals surface area contributed by atoms with Crippen LogP contribution in [0, 0.1) is 6.92 Å². The molecular formula is C19H19N3O2S. The minimum atomic E-state index is -0.0141. The van der Waals surface area contributed by atoms with E-state index in [1.54, 1.807) is 17.0 Å². The number of hydrogen-bond acceptors (Lipinski definition) is 5. The van der Waals surface area contributed by atoms with E-state index in [2.05, 4.69) is 22.2 Å². The van der Waals surface area contributed by atoms with E-state index in [4.69, 9.17) is 0 Å². The molecule has 1 aromatic heterocycles. The minimum Gasteiger partial charge on any atom is -0.508 e. The van der Waals surface area contributed by atoms with Crippen molar-refractivity contribution in [3.63, 3.8) is 0 Å². The second kappa shape index (κ2) is 7.81. The van der Waals surface area contributed by atoms with Crippen LogP contribution in [0.3, 0.4) is 0 Å². The van der Waals surface area contributed by atoms with Crippen LogP contribution in [-0.2, 0) is 6.42 Å². The summed E-state index contributed by atoms with van der Waals surface area (Å²) in [6, 6.07) is 14.7. The third-order valence-corrected chi connectivity index (χ3v) is 4.64. The van der Waals surface area contributed by atoms with Crippen molar-refractivity contribution in [2.45, 2.75) is 13.3 Å². The fraction of sp³-hybridized carbons (Fsp3) is 0.158. The Hall–Kier alpha value is -2.86. The Labute approximate surface area is 149 Å². The first-order valence-corrected chi connectivity index (χ1v) is 8.79. The Morgan fingerprint density at radius 3 is 2.68 bits per heavy atom. The molecule has 0 saturated carbocycles. The molecule has 0 spiro atoms. The summed E-state index contributed by atoms with van der Waals surface area (Å²) in [5, 5.41) is 25.6. The second-order valence-electron chi connectivity index (χ2n) is 5.58. The van der Waals surface area contributed by atoms with Crippen LogP contribution in [0.2, 0.25) is 0 Å². The lowest BCUT2D eigenvalue weighted by molar-refractivity contribution is 0.450. The van der Waals surface area contributed by atoms with Gasteiger partial charge in [0.2, 0.25) is 4.80 Å². The number of phenolic OH excluding ortho intramolecular Hbond substituents is 2. The van der Waals surface area contributed by atoms with Gasteiger partial charge in [0.1, 0.15) is 11.5 Å². The maximum atomic E-state index is 9.84. The number of aryl methyl sites for hydroxylation is 1. The average molecular weight is 353 g/mol. The molecule has 0 atom stereocenters. The largest absolute Gasteiger partial charge is 0.508 e. The highest BCUT2D eigenvalue weighted by Gasteiger charge is 2.02. The SMILES string of the molecule is Cc1csc(=NCCc2ccccc2)n1N=Cc1ccc(O)cc1O. The van der Waals surface area contributed by atoms with Crippen LogP contribution in [0.25, 0.3) is 0 Å². The number of nitrogens with zero attached hydrogens (tertiary/aromatic N) is 3. The molecule has 0 saturated heterocycles. The predicted molar refractivity (Wildman–Crippen MR) is 100 cm³/mol. The Bertz CT molecular complexity index is 943. The van der Waals surface area contributed by atoms with Gasteiger partial charge in [0, 0.05) is 23.6 Å². The zero-order chi connectivity index (χ0) is 17.6. The highest BCUT2D eigenvalue weighted by atomic mass is 32.1. The Morgan fingerprint density at radius 1 is 1.12 bits per heavy atom. The summed E-state index contributed by atoms with van der Waals surface area (Å²) >= 11 is 1.53. The summed E-state index contributed by atoms with van der Waals surface area (Å²) in [5.74, 6) is 0.00502.